The molecule has 0 saturated carbocycles. The van der Waals surface area contributed by atoms with Gasteiger partial charge in [-0.1, -0.05) is 41.5 Å². The Balaban J connectivity index is 2.53. The molecule has 140 valence electrons. The van der Waals surface area contributed by atoms with Crippen molar-refractivity contribution < 1.29 is 14.9 Å². The summed E-state index contributed by atoms with van der Waals surface area (Å²) in [5.41, 5.74) is 2.64. The quantitative estimate of drug-likeness (QED) is 0.719. The standard InChI is InChI=1S/C22H29NO3/c1-21(2,3)17-10-15(11-18(20(17)25)22(4,5)6)23-13-14-8-9-16(26-7)12-19(14)24/h8-13,24-25H,1-7H3. The van der Waals surface area contributed by atoms with Crippen molar-refractivity contribution in [1.29, 1.82) is 0 Å². The molecular weight excluding hydrogens is 326 g/mol. The summed E-state index contributed by atoms with van der Waals surface area (Å²) < 4.78 is 5.10. The van der Waals surface area contributed by atoms with Crippen LogP contribution in [-0.4, -0.2) is 23.5 Å². The van der Waals surface area contributed by atoms with E-state index < -0.39 is 0 Å². The zero-order valence-corrected chi connectivity index (χ0v) is 16.7. The molecule has 0 saturated heterocycles. The van der Waals surface area contributed by atoms with E-state index in [9.17, 15) is 10.2 Å². The van der Waals surface area contributed by atoms with E-state index >= 15 is 0 Å². The normalized spacial score (nSPS) is 12.6. The Bertz CT molecular complexity index is 789. The first kappa shape index (κ1) is 19.8. The van der Waals surface area contributed by atoms with Gasteiger partial charge in [-0.2, -0.15) is 0 Å². The Morgan fingerprint density at radius 3 is 1.85 bits per heavy atom. The van der Waals surface area contributed by atoms with Crippen LogP contribution in [0.4, 0.5) is 5.69 Å². The van der Waals surface area contributed by atoms with Crippen LogP contribution in [-0.2, 0) is 10.8 Å². The summed E-state index contributed by atoms with van der Waals surface area (Å²) in [6.07, 6.45) is 1.63. The maximum Gasteiger partial charge on any atom is 0.128 e. The van der Waals surface area contributed by atoms with Crippen LogP contribution in [0.25, 0.3) is 0 Å². The SMILES string of the molecule is COc1ccc(C=Nc2cc(C(C)(C)C)c(O)c(C(C)(C)C)c2)c(O)c1. The monoisotopic (exact) mass is 355 g/mol. The van der Waals surface area contributed by atoms with Gasteiger partial charge in [0.25, 0.3) is 0 Å². The van der Waals surface area contributed by atoms with Gasteiger partial charge in [0, 0.05) is 29.0 Å². The Morgan fingerprint density at radius 1 is 0.885 bits per heavy atom. The fourth-order valence-corrected chi connectivity index (χ4v) is 2.74. The van der Waals surface area contributed by atoms with E-state index in [0.29, 0.717) is 17.1 Å². The fourth-order valence-electron chi connectivity index (χ4n) is 2.74. The molecule has 2 N–H and O–H groups in total. The van der Waals surface area contributed by atoms with Gasteiger partial charge in [-0.05, 0) is 35.1 Å². The van der Waals surface area contributed by atoms with Crippen molar-refractivity contribution in [2.75, 3.05) is 7.11 Å². The molecule has 0 radical (unpaired) electrons. The highest BCUT2D eigenvalue weighted by Crippen LogP contribution is 2.41. The minimum absolute atomic E-state index is 0.110. The minimum Gasteiger partial charge on any atom is -0.507 e. The summed E-state index contributed by atoms with van der Waals surface area (Å²) in [5, 5.41) is 20.9. The molecular formula is C22H29NO3. The molecule has 2 aromatic rings. The molecule has 0 atom stereocenters. The molecule has 0 bridgehead atoms. The Kier molecular flexibility index (Phi) is 5.36. The van der Waals surface area contributed by atoms with E-state index in [4.69, 9.17) is 4.74 Å². The van der Waals surface area contributed by atoms with Crippen LogP contribution in [0, 0.1) is 0 Å². The van der Waals surface area contributed by atoms with Gasteiger partial charge in [-0.3, -0.25) is 4.99 Å². The lowest BCUT2D eigenvalue weighted by Gasteiger charge is -2.27. The zero-order chi connectivity index (χ0) is 19.7. The van der Waals surface area contributed by atoms with Gasteiger partial charge in [0.1, 0.15) is 17.2 Å². The zero-order valence-electron chi connectivity index (χ0n) is 16.7. The second-order valence-electron chi connectivity index (χ2n) is 8.57. The van der Waals surface area contributed by atoms with Crippen LogP contribution in [0.3, 0.4) is 0 Å². The van der Waals surface area contributed by atoms with Crippen molar-refractivity contribution in [3.63, 3.8) is 0 Å². The third kappa shape index (κ3) is 4.37. The van der Waals surface area contributed by atoms with Crippen molar-refractivity contribution in [1.82, 2.24) is 0 Å². The Labute approximate surface area is 156 Å². The van der Waals surface area contributed by atoms with Gasteiger partial charge >= 0.3 is 0 Å². The highest BCUT2D eigenvalue weighted by atomic mass is 16.5. The summed E-state index contributed by atoms with van der Waals surface area (Å²) in [7, 11) is 1.56. The molecule has 4 heteroatoms. The van der Waals surface area contributed by atoms with E-state index in [0.717, 1.165) is 16.8 Å². The van der Waals surface area contributed by atoms with E-state index in [-0.39, 0.29) is 16.6 Å². The highest BCUT2D eigenvalue weighted by Gasteiger charge is 2.26. The van der Waals surface area contributed by atoms with E-state index in [1.165, 1.54) is 0 Å². The topological polar surface area (TPSA) is 62.0 Å². The second kappa shape index (κ2) is 7.02. The van der Waals surface area contributed by atoms with E-state index in [1.807, 2.05) is 12.1 Å². The lowest BCUT2D eigenvalue weighted by atomic mass is 9.79. The second-order valence-corrected chi connectivity index (χ2v) is 8.57. The fraction of sp³-hybridized carbons (Fsp3) is 0.409. The summed E-state index contributed by atoms with van der Waals surface area (Å²) in [4.78, 5) is 4.55. The number of rotatable bonds is 3. The number of hydrogen-bond donors (Lipinski definition) is 2. The molecule has 2 rings (SSSR count). The van der Waals surface area contributed by atoms with Gasteiger partial charge in [0.15, 0.2) is 0 Å². The molecule has 0 aromatic heterocycles. The maximum absolute atomic E-state index is 10.8. The first-order valence-electron chi connectivity index (χ1n) is 8.72. The van der Waals surface area contributed by atoms with Crippen LogP contribution in [0.5, 0.6) is 17.2 Å². The molecule has 0 amide bonds. The lowest BCUT2D eigenvalue weighted by molar-refractivity contribution is 0.407. The Morgan fingerprint density at radius 2 is 1.42 bits per heavy atom. The third-order valence-corrected chi connectivity index (χ3v) is 4.30. The van der Waals surface area contributed by atoms with Crippen LogP contribution in [0.1, 0.15) is 58.2 Å². The maximum atomic E-state index is 10.8. The number of phenols is 2. The lowest BCUT2D eigenvalue weighted by Crippen LogP contribution is -2.16. The molecule has 0 fully saturated rings. The van der Waals surface area contributed by atoms with E-state index in [1.54, 1.807) is 31.5 Å². The first-order chi connectivity index (χ1) is 11.9. The predicted molar refractivity (Wildman–Crippen MR) is 107 cm³/mol. The molecule has 26 heavy (non-hydrogen) atoms. The molecule has 2 aromatic carbocycles. The summed E-state index contributed by atoms with van der Waals surface area (Å²) >= 11 is 0. The van der Waals surface area contributed by atoms with Gasteiger partial charge in [-0.15, -0.1) is 0 Å². The van der Waals surface area contributed by atoms with Crippen molar-refractivity contribution in [2.45, 2.75) is 52.4 Å². The van der Waals surface area contributed by atoms with Crippen molar-refractivity contribution in [3.8, 4) is 17.2 Å². The number of aliphatic imine (C=N–C) groups is 1. The molecule has 0 spiro atoms. The van der Waals surface area contributed by atoms with Gasteiger partial charge in [-0.25, -0.2) is 0 Å². The molecule has 0 unspecified atom stereocenters. The number of methoxy groups -OCH3 is 1. The van der Waals surface area contributed by atoms with Crippen molar-refractivity contribution in [2.24, 2.45) is 4.99 Å². The average molecular weight is 355 g/mol. The number of benzene rings is 2. The van der Waals surface area contributed by atoms with E-state index in [2.05, 4.69) is 46.5 Å². The summed E-state index contributed by atoms with van der Waals surface area (Å²) in [6.45, 7) is 12.4. The average Bonchev–Trinajstić information content (AvgIpc) is 2.52. The van der Waals surface area contributed by atoms with Crippen LogP contribution in [0.2, 0.25) is 0 Å². The molecule has 0 heterocycles. The largest absolute Gasteiger partial charge is 0.507 e. The third-order valence-electron chi connectivity index (χ3n) is 4.30. The minimum atomic E-state index is -0.210. The van der Waals surface area contributed by atoms with Crippen molar-refractivity contribution in [3.05, 3.63) is 47.0 Å². The van der Waals surface area contributed by atoms with Crippen LogP contribution in [0.15, 0.2) is 35.3 Å². The van der Waals surface area contributed by atoms with Crippen molar-refractivity contribution >= 4 is 11.9 Å². The number of hydrogen-bond acceptors (Lipinski definition) is 4. The first-order valence-corrected chi connectivity index (χ1v) is 8.72. The van der Waals surface area contributed by atoms with Crippen LogP contribution >= 0.6 is 0 Å². The Hall–Kier alpha value is -2.49. The molecule has 0 aliphatic carbocycles. The number of aromatic hydroxyl groups is 2. The summed E-state index contributed by atoms with van der Waals surface area (Å²) in [5.74, 6) is 1.03. The smallest absolute Gasteiger partial charge is 0.128 e. The van der Waals surface area contributed by atoms with Gasteiger partial charge in [0.05, 0.1) is 12.8 Å². The van der Waals surface area contributed by atoms with Crippen LogP contribution < -0.4 is 4.74 Å². The number of nitrogens with zero attached hydrogens (tertiary/aromatic N) is 1. The molecule has 4 nitrogen and oxygen atoms in total. The number of phenolic OH excluding ortho intramolecular Hbond substituents is 2. The summed E-state index contributed by atoms with van der Waals surface area (Å²) in [6, 6.07) is 8.90. The highest BCUT2D eigenvalue weighted by molar-refractivity contribution is 5.85. The molecule has 0 aliphatic rings. The van der Waals surface area contributed by atoms with Gasteiger partial charge in [0.2, 0.25) is 0 Å². The number of ether oxygens (including phenoxy) is 1. The molecule has 0 aliphatic heterocycles. The predicted octanol–water partition coefficient (Wildman–Crippen LogP) is 5.45. The van der Waals surface area contributed by atoms with Gasteiger partial charge < -0.3 is 14.9 Å².